The molecule has 2 fully saturated rings. The van der Waals surface area contributed by atoms with Crippen LogP contribution in [0.25, 0.3) is 0 Å². The van der Waals surface area contributed by atoms with E-state index in [-0.39, 0.29) is 11.4 Å². The van der Waals surface area contributed by atoms with Gasteiger partial charge in [0, 0.05) is 11.6 Å². The normalized spacial score (nSPS) is 21.0. The van der Waals surface area contributed by atoms with Gasteiger partial charge in [0.05, 0.1) is 6.42 Å². The molecule has 0 radical (unpaired) electrons. The van der Waals surface area contributed by atoms with E-state index < -0.39 is 0 Å². The number of benzene rings is 1. The SMILES string of the molecule is NC1(Cc2ccccc2CC(=O)NC2CCCCC2)CC1. The van der Waals surface area contributed by atoms with Gasteiger partial charge >= 0.3 is 0 Å². The van der Waals surface area contributed by atoms with Gasteiger partial charge in [-0.25, -0.2) is 0 Å². The zero-order valence-corrected chi connectivity index (χ0v) is 12.7. The largest absolute Gasteiger partial charge is 0.353 e. The topological polar surface area (TPSA) is 55.1 Å². The van der Waals surface area contributed by atoms with Gasteiger partial charge in [0.2, 0.25) is 5.91 Å². The van der Waals surface area contributed by atoms with Crippen LogP contribution in [-0.2, 0) is 17.6 Å². The van der Waals surface area contributed by atoms with Crippen LogP contribution < -0.4 is 11.1 Å². The summed E-state index contributed by atoms with van der Waals surface area (Å²) in [5.41, 5.74) is 8.61. The smallest absolute Gasteiger partial charge is 0.224 e. The zero-order valence-electron chi connectivity index (χ0n) is 12.7. The predicted molar refractivity (Wildman–Crippen MR) is 85.0 cm³/mol. The summed E-state index contributed by atoms with van der Waals surface area (Å²) in [4.78, 5) is 12.3. The summed E-state index contributed by atoms with van der Waals surface area (Å²) in [7, 11) is 0. The van der Waals surface area contributed by atoms with Gasteiger partial charge in [-0.1, -0.05) is 43.5 Å². The Kier molecular flexibility index (Phi) is 4.29. The first-order chi connectivity index (χ1) is 10.1. The van der Waals surface area contributed by atoms with E-state index in [1.54, 1.807) is 0 Å². The van der Waals surface area contributed by atoms with Crippen LogP contribution in [0, 0.1) is 0 Å². The van der Waals surface area contributed by atoms with Gasteiger partial charge in [0.15, 0.2) is 0 Å². The molecule has 114 valence electrons. The molecular weight excluding hydrogens is 260 g/mol. The molecule has 2 aliphatic rings. The van der Waals surface area contributed by atoms with Gasteiger partial charge in [-0.05, 0) is 43.2 Å². The van der Waals surface area contributed by atoms with Crippen molar-refractivity contribution in [1.82, 2.24) is 5.32 Å². The molecule has 3 rings (SSSR count). The quantitative estimate of drug-likeness (QED) is 0.874. The van der Waals surface area contributed by atoms with Crippen LogP contribution in [-0.4, -0.2) is 17.5 Å². The minimum Gasteiger partial charge on any atom is -0.353 e. The molecule has 2 saturated carbocycles. The lowest BCUT2D eigenvalue weighted by Gasteiger charge is -2.23. The Morgan fingerprint density at radius 3 is 2.48 bits per heavy atom. The molecule has 3 N–H and O–H groups in total. The van der Waals surface area contributed by atoms with E-state index in [0.717, 1.165) is 37.7 Å². The highest BCUT2D eigenvalue weighted by atomic mass is 16.1. The molecule has 0 unspecified atom stereocenters. The second-order valence-corrected chi connectivity index (χ2v) is 6.89. The van der Waals surface area contributed by atoms with Crippen molar-refractivity contribution in [3.8, 4) is 0 Å². The Morgan fingerprint density at radius 2 is 1.81 bits per heavy atom. The van der Waals surface area contributed by atoms with Crippen molar-refractivity contribution in [3.63, 3.8) is 0 Å². The summed E-state index contributed by atoms with van der Waals surface area (Å²) in [5.74, 6) is 0.163. The van der Waals surface area contributed by atoms with Gasteiger partial charge in [0.1, 0.15) is 0 Å². The van der Waals surface area contributed by atoms with Gasteiger partial charge in [-0.2, -0.15) is 0 Å². The predicted octanol–water partition coefficient (Wildman–Crippen LogP) is 2.71. The zero-order chi connectivity index (χ0) is 14.7. The second kappa shape index (κ2) is 6.18. The van der Waals surface area contributed by atoms with Gasteiger partial charge < -0.3 is 11.1 Å². The van der Waals surface area contributed by atoms with Crippen LogP contribution in [0.1, 0.15) is 56.1 Å². The molecular formula is C18H26N2O. The molecule has 0 aliphatic heterocycles. The number of hydrogen-bond donors (Lipinski definition) is 2. The first-order valence-electron chi connectivity index (χ1n) is 8.30. The maximum Gasteiger partial charge on any atom is 0.224 e. The van der Waals surface area contributed by atoms with Crippen LogP contribution in [0.4, 0.5) is 0 Å². The van der Waals surface area contributed by atoms with Gasteiger partial charge in [-0.3, -0.25) is 4.79 Å². The standard InChI is InChI=1S/C18H26N2O/c19-18(10-11-18)13-15-7-5-4-6-14(15)12-17(21)20-16-8-2-1-3-9-16/h4-7,16H,1-3,8-13,19H2,(H,20,21). The third kappa shape index (κ3) is 4.07. The van der Waals surface area contributed by atoms with E-state index in [1.165, 1.54) is 24.8 Å². The molecule has 1 aromatic carbocycles. The molecule has 1 aromatic rings. The molecule has 0 heterocycles. The Morgan fingerprint density at radius 1 is 1.14 bits per heavy atom. The highest BCUT2D eigenvalue weighted by Gasteiger charge is 2.38. The van der Waals surface area contributed by atoms with Crippen molar-refractivity contribution in [3.05, 3.63) is 35.4 Å². The van der Waals surface area contributed by atoms with Gasteiger partial charge in [-0.15, -0.1) is 0 Å². The van der Waals surface area contributed by atoms with Crippen LogP contribution in [0.15, 0.2) is 24.3 Å². The first kappa shape index (κ1) is 14.6. The molecule has 2 aliphatic carbocycles. The Balaban J connectivity index is 1.59. The highest BCUT2D eigenvalue weighted by Crippen LogP contribution is 2.36. The number of amides is 1. The number of nitrogens with one attached hydrogen (secondary N) is 1. The fourth-order valence-corrected chi connectivity index (χ4v) is 3.32. The maximum absolute atomic E-state index is 12.3. The van der Waals surface area contributed by atoms with E-state index in [0.29, 0.717) is 12.5 Å². The van der Waals surface area contributed by atoms with Crippen molar-refractivity contribution in [1.29, 1.82) is 0 Å². The Hall–Kier alpha value is -1.35. The molecule has 0 atom stereocenters. The molecule has 21 heavy (non-hydrogen) atoms. The summed E-state index contributed by atoms with van der Waals surface area (Å²) in [6.07, 6.45) is 9.69. The molecule has 0 spiro atoms. The van der Waals surface area contributed by atoms with Crippen molar-refractivity contribution in [2.45, 2.75) is 69.4 Å². The lowest BCUT2D eigenvalue weighted by molar-refractivity contribution is -0.121. The van der Waals surface area contributed by atoms with Crippen molar-refractivity contribution >= 4 is 5.91 Å². The summed E-state index contributed by atoms with van der Waals surface area (Å²) in [5, 5.41) is 3.20. The van der Waals surface area contributed by atoms with Crippen LogP contribution in [0.2, 0.25) is 0 Å². The van der Waals surface area contributed by atoms with E-state index in [9.17, 15) is 4.79 Å². The minimum absolute atomic E-state index is 0.00402. The van der Waals surface area contributed by atoms with E-state index >= 15 is 0 Å². The van der Waals surface area contributed by atoms with E-state index in [4.69, 9.17) is 5.73 Å². The molecule has 1 amide bonds. The third-order valence-electron chi connectivity index (χ3n) is 4.87. The molecule has 0 aromatic heterocycles. The fraction of sp³-hybridized carbons (Fsp3) is 0.611. The minimum atomic E-state index is -0.00402. The first-order valence-corrected chi connectivity index (χ1v) is 8.30. The molecule has 0 saturated heterocycles. The average molecular weight is 286 g/mol. The maximum atomic E-state index is 12.3. The number of rotatable bonds is 5. The fourth-order valence-electron chi connectivity index (χ4n) is 3.32. The van der Waals surface area contributed by atoms with E-state index in [1.807, 2.05) is 12.1 Å². The van der Waals surface area contributed by atoms with Crippen LogP contribution in [0.3, 0.4) is 0 Å². The Bertz CT molecular complexity index is 502. The highest BCUT2D eigenvalue weighted by molar-refractivity contribution is 5.79. The summed E-state index contributed by atoms with van der Waals surface area (Å²) in [6.45, 7) is 0. The third-order valence-corrected chi connectivity index (χ3v) is 4.87. The monoisotopic (exact) mass is 286 g/mol. The van der Waals surface area contributed by atoms with Gasteiger partial charge in [0.25, 0.3) is 0 Å². The molecule has 3 nitrogen and oxygen atoms in total. The Labute approximate surface area is 127 Å². The summed E-state index contributed by atoms with van der Waals surface area (Å²) in [6, 6.07) is 8.65. The lowest BCUT2D eigenvalue weighted by atomic mass is 9.94. The van der Waals surface area contributed by atoms with Crippen molar-refractivity contribution in [2.75, 3.05) is 0 Å². The van der Waals surface area contributed by atoms with Crippen LogP contribution in [0.5, 0.6) is 0 Å². The number of nitrogens with two attached hydrogens (primary N) is 1. The van der Waals surface area contributed by atoms with Crippen LogP contribution >= 0.6 is 0 Å². The summed E-state index contributed by atoms with van der Waals surface area (Å²) >= 11 is 0. The van der Waals surface area contributed by atoms with E-state index in [2.05, 4.69) is 17.4 Å². The number of carbonyl (C=O) groups excluding carboxylic acids is 1. The van der Waals surface area contributed by atoms with Crippen molar-refractivity contribution in [2.24, 2.45) is 5.73 Å². The second-order valence-electron chi connectivity index (χ2n) is 6.89. The average Bonchev–Trinajstić information content (AvgIpc) is 3.19. The number of hydrogen-bond acceptors (Lipinski definition) is 2. The van der Waals surface area contributed by atoms with Crippen molar-refractivity contribution < 1.29 is 4.79 Å². The number of carbonyl (C=O) groups is 1. The summed E-state index contributed by atoms with van der Waals surface area (Å²) < 4.78 is 0. The molecule has 3 heteroatoms. The molecule has 0 bridgehead atoms. The lowest BCUT2D eigenvalue weighted by Crippen LogP contribution is -2.37.